The van der Waals surface area contributed by atoms with Gasteiger partial charge in [0.15, 0.2) is 0 Å². The van der Waals surface area contributed by atoms with Crippen molar-refractivity contribution < 1.29 is 14.4 Å². The number of rotatable bonds is 7. The van der Waals surface area contributed by atoms with Crippen molar-refractivity contribution in [3.63, 3.8) is 0 Å². The minimum absolute atomic E-state index is 0.252. The molecule has 0 rings (SSSR count). The molecule has 3 nitrogen and oxygen atoms in total. The fraction of sp³-hybridized carbons (Fsp3) is 0.909. The number of hydrogen-bond donors (Lipinski definition) is 1. The lowest BCUT2D eigenvalue weighted by Crippen LogP contribution is -2.53. The Hall–Kier alpha value is -0.570. The van der Waals surface area contributed by atoms with E-state index < -0.39 is 6.09 Å². The van der Waals surface area contributed by atoms with Gasteiger partial charge >= 0.3 is 6.09 Å². The third kappa shape index (κ3) is 3.66. The maximum atomic E-state index is 11.2. The van der Waals surface area contributed by atoms with Gasteiger partial charge in [-0.05, 0) is 19.8 Å². The highest BCUT2D eigenvalue weighted by Crippen LogP contribution is 2.12. The number of nitrogens with zero attached hydrogens (tertiary/aromatic N) is 1. The number of amides is 1. The summed E-state index contributed by atoms with van der Waals surface area (Å²) in [4.78, 5) is 11.2. The highest BCUT2D eigenvalue weighted by molar-refractivity contribution is 5.56. The summed E-state index contributed by atoms with van der Waals surface area (Å²) in [5, 5.41) is 9.25. The zero-order chi connectivity index (χ0) is 11.0. The normalized spacial score (nSPS) is 11.6. The van der Waals surface area contributed by atoms with E-state index in [0.717, 1.165) is 38.8 Å². The number of carbonyl (C=O) groups is 1. The molecule has 14 heavy (non-hydrogen) atoms. The van der Waals surface area contributed by atoms with E-state index in [4.69, 9.17) is 0 Å². The van der Waals surface area contributed by atoms with Gasteiger partial charge in [0.25, 0.3) is 0 Å². The van der Waals surface area contributed by atoms with Gasteiger partial charge in [0.05, 0.1) is 19.6 Å². The van der Waals surface area contributed by atoms with Gasteiger partial charge in [-0.15, -0.1) is 0 Å². The molecule has 0 fully saturated rings. The van der Waals surface area contributed by atoms with Crippen LogP contribution in [-0.2, 0) is 0 Å². The molecule has 84 valence electrons. The molecule has 0 aliphatic heterocycles. The molecule has 0 spiro atoms. The molecule has 0 aliphatic rings. The minimum Gasteiger partial charge on any atom is -0.435 e. The van der Waals surface area contributed by atoms with Crippen molar-refractivity contribution in [1.82, 2.24) is 0 Å². The van der Waals surface area contributed by atoms with Crippen molar-refractivity contribution in [3.8, 4) is 0 Å². The molecule has 0 bridgehead atoms. The molecule has 0 aliphatic carbocycles. The van der Waals surface area contributed by atoms with Crippen molar-refractivity contribution in [2.45, 2.75) is 46.5 Å². The first-order chi connectivity index (χ1) is 6.63. The quantitative estimate of drug-likeness (QED) is 0.644. The van der Waals surface area contributed by atoms with E-state index in [2.05, 4.69) is 13.8 Å². The Bertz CT molecular complexity index is 161. The second-order valence-corrected chi connectivity index (χ2v) is 3.90. The summed E-state index contributed by atoms with van der Waals surface area (Å²) in [7, 11) is 0. The third-order valence-electron chi connectivity index (χ3n) is 2.89. The molecule has 0 heterocycles. The Kier molecular flexibility index (Phi) is 6.54. The first-order valence-corrected chi connectivity index (χ1v) is 5.72. The first-order valence-electron chi connectivity index (χ1n) is 5.72. The zero-order valence-electron chi connectivity index (χ0n) is 9.75. The Morgan fingerprint density at radius 1 is 1.07 bits per heavy atom. The van der Waals surface area contributed by atoms with Gasteiger partial charge in [-0.2, -0.15) is 4.79 Å². The van der Waals surface area contributed by atoms with Gasteiger partial charge < -0.3 is 5.11 Å². The van der Waals surface area contributed by atoms with Gasteiger partial charge in [0.1, 0.15) is 0 Å². The second-order valence-electron chi connectivity index (χ2n) is 3.90. The van der Waals surface area contributed by atoms with Crippen LogP contribution in [0.25, 0.3) is 0 Å². The van der Waals surface area contributed by atoms with E-state index in [1.54, 1.807) is 0 Å². The van der Waals surface area contributed by atoms with Crippen LogP contribution in [0.2, 0.25) is 0 Å². The average Bonchev–Trinajstić information content (AvgIpc) is 2.18. The third-order valence-corrected chi connectivity index (χ3v) is 2.89. The summed E-state index contributed by atoms with van der Waals surface area (Å²) >= 11 is 0. The Balaban J connectivity index is 4.35. The molecule has 0 aromatic rings. The SMILES string of the molecule is CCCC[N+](CC)(CCCC)C(=O)O. The Morgan fingerprint density at radius 3 is 1.71 bits per heavy atom. The number of quaternary nitrogens is 1. The van der Waals surface area contributed by atoms with Gasteiger partial charge in [0, 0.05) is 0 Å². The van der Waals surface area contributed by atoms with Gasteiger partial charge in [-0.25, -0.2) is 4.48 Å². The summed E-state index contributed by atoms with van der Waals surface area (Å²) < 4.78 is 0.252. The highest BCUT2D eigenvalue weighted by Gasteiger charge is 2.33. The highest BCUT2D eigenvalue weighted by atomic mass is 16.4. The van der Waals surface area contributed by atoms with E-state index in [-0.39, 0.29) is 4.48 Å². The van der Waals surface area contributed by atoms with Crippen LogP contribution in [0.4, 0.5) is 4.79 Å². The van der Waals surface area contributed by atoms with Crippen LogP contribution in [0.5, 0.6) is 0 Å². The van der Waals surface area contributed by atoms with Crippen molar-refractivity contribution in [3.05, 3.63) is 0 Å². The largest absolute Gasteiger partial charge is 0.513 e. The van der Waals surface area contributed by atoms with Crippen molar-refractivity contribution in [2.24, 2.45) is 0 Å². The van der Waals surface area contributed by atoms with Crippen LogP contribution in [-0.4, -0.2) is 35.3 Å². The number of carboxylic acid groups (broad SMARTS) is 1. The van der Waals surface area contributed by atoms with Gasteiger partial charge in [0.2, 0.25) is 0 Å². The van der Waals surface area contributed by atoms with Crippen LogP contribution >= 0.6 is 0 Å². The van der Waals surface area contributed by atoms with Gasteiger partial charge in [-0.3, -0.25) is 0 Å². The minimum atomic E-state index is -0.658. The van der Waals surface area contributed by atoms with E-state index >= 15 is 0 Å². The number of hydrogen-bond acceptors (Lipinski definition) is 1. The van der Waals surface area contributed by atoms with Crippen LogP contribution in [0, 0.1) is 0 Å². The molecule has 1 amide bonds. The lowest BCUT2D eigenvalue weighted by atomic mass is 10.2. The molecule has 0 saturated heterocycles. The summed E-state index contributed by atoms with van der Waals surface area (Å²) in [6.45, 7) is 8.44. The monoisotopic (exact) mass is 202 g/mol. The molecule has 3 heteroatoms. The maximum absolute atomic E-state index is 11.2. The molecule has 0 saturated carbocycles. The smallest absolute Gasteiger partial charge is 0.435 e. The molecule has 0 atom stereocenters. The first kappa shape index (κ1) is 13.4. The predicted molar refractivity (Wildman–Crippen MR) is 58.4 cm³/mol. The molecular formula is C11H24NO2+. The summed E-state index contributed by atoms with van der Waals surface area (Å²) in [5.74, 6) is 0. The average molecular weight is 202 g/mol. The fourth-order valence-electron chi connectivity index (χ4n) is 1.68. The standard InChI is InChI=1S/C11H23NO2/c1-4-7-9-12(6-3,11(13)14)10-8-5-2/h4-10H2,1-3H3/p+1. The predicted octanol–water partition coefficient (Wildman–Crippen LogP) is 3.10. The molecule has 0 unspecified atom stereocenters. The molecular weight excluding hydrogens is 178 g/mol. The summed E-state index contributed by atoms with van der Waals surface area (Å²) in [5.41, 5.74) is 0. The molecule has 1 N–H and O–H groups in total. The molecule has 0 aromatic carbocycles. The Morgan fingerprint density at radius 2 is 1.50 bits per heavy atom. The molecule has 0 aromatic heterocycles. The van der Waals surface area contributed by atoms with Crippen LogP contribution < -0.4 is 0 Å². The van der Waals surface area contributed by atoms with Gasteiger partial charge in [-0.1, -0.05) is 26.7 Å². The summed E-state index contributed by atoms with van der Waals surface area (Å²) in [6, 6.07) is 0. The lowest BCUT2D eigenvalue weighted by molar-refractivity contribution is -0.856. The van der Waals surface area contributed by atoms with Crippen molar-refractivity contribution in [2.75, 3.05) is 19.6 Å². The van der Waals surface area contributed by atoms with Crippen LogP contribution in [0.1, 0.15) is 46.5 Å². The topological polar surface area (TPSA) is 37.3 Å². The molecule has 0 radical (unpaired) electrons. The van der Waals surface area contributed by atoms with E-state index in [9.17, 15) is 9.90 Å². The van der Waals surface area contributed by atoms with E-state index in [1.165, 1.54) is 0 Å². The fourth-order valence-corrected chi connectivity index (χ4v) is 1.68. The van der Waals surface area contributed by atoms with Crippen molar-refractivity contribution >= 4 is 6.09 Å². The van der Waals surface area contributed by atoms with E-state index in [1.807, 2.05) is 6.92 Å². The van der Waals surface area contributed by atoms with Crippen LogP contribution in [0.15, 0.2) is 0 Å². The van der Waals surface area contributed by atoms with Crippen LogP contribution in [0.3, 0.4) is 0 Å². The Labute approximate surface area is 87.3 Å². The lowest BCUT2D eigenvalue weighted by Gasteiger charge is -2.31. The zero-order valence-corrected chi connectivity index (χ0v) is 9.75. The maximum Gasteiger partial charge on any atom is 0.513 e. The second kappa shape index (κ2) is 6.82. The number of unbranched alkanes of at least 4 members (excludes halogenated alkanes) is 2. The summed E-state index contributed by atoms with van der Waals surface area (Å²) in [6.07, 6.45) is 3.49. The van der Waals surface area contributed by atoms with Crippen molar-refractivity contribution in [1.29, 1.82) is 0 Å². The van der Waals surface area contributed by atoms with E-state index in [0.29, 0.717) is 6.54 Å².